The average Bonchev–Trinajstić information content (AvgIpc) is 2.47. The lowest BCUT2D eigenvalue weighted by molar-refractivity contribution is 0.619. The number of halogens is 1. The Kier molecular flexibility index (Phi) is 2.54. The predicted octanol–water partition coefficient (Wildman–Crippen LogP) is 2.69. The van der Waals surface area contributed by atoms with E-state index in [2.05, 4.69) is 39.9 Å². The monoisotopic (exact) mass is 253 g/mol. The molecule has 0 N–H and O–H groups in total. The summed E-state index contributed by atoms with van der Waals surface area (Å²) >= 11 is 3.44. The van der Waals surface area contributed by atoms with Crippen LogP contribution >= 0.6 is 15.9 Å². The Bertz CT molecular complexity index is 448. The largest absolute Gasteiger partial charge is 0.212 e. The topological polar surface area (TPSA) is 30.2 Å². The van der Waals surface area contributed by atoms with Crippen LogP contribution in [-0.2, 0) is 6.42 Å². The van der Waals surface area contributed by atoms with Crippen molar-refractivity contribution in [2.24, 2.45) is 5.92 Å². The highest BCUT2D eigenvalue weighted by Gasteiger charge is 2.06. The summed E-state index contributed by atoms with van der Waals surface area (Å²) in [6.07, 6.45) is 0.925. The molecule has 3 nitrogen and oxygen atoms in total. The van der Waals surface area contributed by atoms with Crippen molar-refractivity contribution in [3.8, 4) is 0 Å². The van der Waals surface area contributed by atoms with Crippen LogP contribution in [0.15, 0.2) is 22.8 Å². The molecule has 2 aromatic heterocycles. The summed E-state index contributed by atoms with van der Waals surface area (Å²) in [6.45, 7) is 4.33. The fourth-order valence-electron chi connectivity index (χ4n) is 1.37. The van der Waals surface area contributed by atoms with Gasteiger partial charge in [0.15, 0.2) is 11.5 Å². The fraction of sp³-hybridized carbons (Fsp3) is 0.400. The van der Waals surface area contributed by atoms with Gasteiger partial charge in [0, 0.05) is 6.42 Å². The highest BCUT2D eigenvalue weighted by atomic mass is 79.9. The van der Waals surface area contributed by atoms with Gasteiger partial charge < -0.3 is 0 Å². The van der Waals surface area contributed by atoms with E-state index in [-0.39, 0.29) is 0 Å². The van der Waals surface area contributed by atoms with Crippen LogP contribution in [0.1, 0.15) is 19.7 Å². The van der Waals surface area contributed by atoms with E-state index >= 15 is 0 Å². The van der Waals surface area contributed by atoms with Gasteiger partial charge in [-0.05, 0) is 34.0 Å². The highest BCUT2D eigenvalue weighted by Crippen LogP contribution is 2.12. The van der Waals surface area contributed by atoms with Gasteiger partial charge in [-0.3, -0.25) is 0 Å². The second kappa shape index (κ2) is 3.69. The van der Waals surface area contributed by atoms with E-state index in [0.717, 1.165) is 22.5 Å². The zero-order chi connectivity index (χ0) is 10.1. The lowest BCUT2D eigenvalue weighted by Crippen LogP contribution is -1.96. The molecule has 4 heteroatoms. The molecule has 2 rings (SSSR count). The summed E-state index contributed by atoms with van der Waals surface area (Å²) in [5, 5.41) is 4.41. The standard InChI is InChI=1S/C10H12BrN3/c1-7(2)6-9-12-10-5-3-4-8(11)14(10)13-9/h3-5,7H,6H2,1-2H3. The first kappa shape index (κ1) is 9.65. The molecular weight excluding hydrogens is 242 g/mol. The second-order valence-corrected chi connectivity index (χ2v) is 4.56. The maximum atomic E-state index is 4.44. The first-order chi connectivity index (χ1) is 6.66. The third-order valence-electron chi connectivity index (χ3n) is 1.95. The molecule has 0 radical (unpaired) electrons. The Morgan fingerprint density at radius 2 is 2.21 bits per heavy atom. The Balaban J connectivity index is 2.46. The lowest BCUT2D eigenvalue weighted by Gasteiger charge is -1.96. The molecule has 0 aliphatic carbocycles. The van der Waals surface area contributed by atoms with Gasteiger partial charge in [0.1, 0.15) is 4.60 Å². The second-order valence-electron chi connectivity index (χ2n) is 3.74. The zero-order valence-electron chi connectivity index (χ0n) is 8.24. The van der Waals surface area contributed by atoms with Crippen LogP contribution in [0.25, 0.3) is 5.65 Å². The molecule has 0 saturated carbocycles. The summed E-state index contributed by atoms with van der Waals surface area (Å²) < 4.78 is 2.76. The van der Waals surface area contributed by atoms with E-state index in [1.807, 2.05) is 22.7 Å². The minimum Gasteiger partial charge on any atom is -0.212 e. The average molecular weight is 254 g/mol. The molecule has 2 heterocycles. The third kappa shape index (κ3) is 1.80. The van der Waals surface area contributed by atoms with Crippen molar-refractivity contribution >= 4 is 21.6 Å². The normalized spacial score (nSPS) is 11.4. The Morgan fingerprint density at radius 3 is 2.86 bits per heavy atom. The number of pyridine rings is 1. The molecule has 0 unspecified atom stereocenters. The van der Waals surface area contributed by atoms with Crippen LogP contribution in [-0.4, -0.2) is 14.6 Å². The number of aromatic nitrogens is 3. The van der Waals surface area contributed by atoms with Crippen molar-refractivity contribution in [3.63, 3.8) is 0 Å². The van der Waals surface area contributed by atoms with E-state index in [9.17, 15) is 0 Å². The van der Waals surface area contributed by atoms with Crippen molar-refractivity contribution in [1.29, 1.82) is 0 Å². The van der Waals surface area contributed by atoms with Gasteiger partial charge in [0.05, 0.1) is 0 Å². The minimum atomic E-state index is 0.589. The summed E-state index contributed by atoms with van der Waals surface area (Å²) in [6, 6.07) is 5.88. The molecule has 0 aliphatic rings. The molecule has 0 atom stereocenters. The van der Waals surface area contributed by atoms with Gasteiger partial charge in [-0.25, -0.2) is 9.50 Å². The SMILES string of the molecule is CC(C)Cc1nc2cccc(Br)n2n1. The molecule has 0 saturated heterocycles. The van der Waals surface area contributed by atoms with Crippen molar-refractivity contribution in [1.82, 2.24) is 14.6 Å². The summed E-state index contributed by atoms with van der Waals surface area (Å²) in [5.41, 5.74) is 0.898. The molecule has 0 spiro atoms. The van der Waals surface area contributed by atoms with Gasteiger partial charge in [-0.1, -0.05) is 19.9 Å². The van der Waals surface area contributed by atoms with E-state index in [1.54, 1.807) is 0 Å². The van der Waals surface area contributed by atoms with Gasteiger partial charge in [-0.2, -0.15) is 5.10 Å². The van der Waals surface area contributed by atoms with E-state index < -0.39 is 0 Å². The Labute approximate surface area is 91.3 Å². The van der Waals surface area contributed by atoms with Crippen molar-refractivity contribution < 1.29 is 0 Å². The molecule has 0 bridgehead atoms. The molecule has 14 heavy (non-hydrogen) atoms. The van der Waals surface area contributed by atoms with E-state index in [0.29, 0.717) is 5.92 Å². The van der Waals surface area contributed by atoms with E-state index in [4.69, 9.17) is 0 Å². The number of rotatable bonds is 2. The van der Waals surface area contributed by atoms with Gasteiger partial charge >= 0.3 is 0 Å². The maximum absolute atomic E-state index is 4.44. The maximum Gasteiger partial charge on any atom is 0.156 e. The summed E-state index contributed by atoms with van der Waals surface area (Å²) in [4.78, 5) is 4.44. The van der Waals surface area contributed by atoms with Gasteiger partial charge in [0.2, 0.25) is 0 Å². The molecular formula is C10H12BrN3. The zero-order valence-corrected chi connectivity index (χ0v) is 9.82. The summed E-state index contributed by atoms with van der Waals surface area (Å²) in [5.74, 6) is 1.50. The number of nitrogens with zero attached hydrogens (tertiary/aromatic N) is 3. The van der Waals surface area contributed by atoms with Crippen LogP contribution < -0.4 is 0 Å². The van der Waals surface area contributed by atoms with Crippen LogP contribution in [0.3, 0.4) is 0 Å². The van der Waals surface area contributed by atoms with Crippen LogP contribution in [0.4, 0.5) is 0 Å². The number of hydrogen-bond donors (Lipinski definition) is 0. The molecule has 0 aliphatic heterocycles. The molecule has 2 aromatic rings. The smallest absolute Gasteiger partial charge is 0.156 e. The first-order valence-corrected chi connectivity index (χ1v) is 5.46. The fourth-order valence-corrected chi connectivity index (χ4v) is 1.78. The van der Waals surface area contributed by atoms with Crippen LogP contribution in [0.5, 0.6) is 0 Å². The van der Waals surface area contributed by atoms with Crippen LogP contribution in [0, 0.1) is 5.92 Å². The first-order valence-electron chi connectivity index (χ1n) is 4.67. The molecule has 74 valence electrons. The Morgan fingerprint density at radius 1 is 1.43 bits per heavy atom. The van der Waals surface area contributed by atoms with Crippen molar-refractivity contribution in [3.05, 3.63) is 28.6 Å². The van der Waals surface area contributed by atoms with E-state index in [1.165, 1.54) is 0 Å². The summed E-state index contributed by atoms with van der Waals surface area (Å²) in [7, 11) is 0. The molecule has 0 amide bonds. The minimum absolute atomic E-state index is 0.589. The molecule has 0 aromatic carbocycles. The third-order valence-corrected chi connectivity index (χ3v) is 2.55. The predicted molar refractivity (Wildman–Crippen MR) is 59.2 cm³/mol. The van der Waals surface area contributed by atoms with Crippen molar-refractivity contribution in [2.75, 3.05) is 0 Å². The Hall–Kier alpha value is -0.900. The van der Waals surface area contributed by atoms with Crippen LogP contribution in [0.2, 0.25) is 0 Å². The van der Waals surface area contributed by atoms with Gasteiger partial charge in [-0.15, -0.1) is 0 Å². The quantitative estimate of drug-likeness (QED) is 0.771. The van der Waals surface area contributed by atoms with Gasteiger partial charge in [0.25, 0.3) is 0 Å². The number of hydrogen-bond acceptors (Lipinski definition) is 2. The van der Waals surface area contributed by atoms with Crippen molar-refractivity contribution in [2.45, 2.75) is 20.3 Å². The molecule has 0 fully saturated rings. The number of fused-ring (bicyclic) bond motifs is 1. The lowest BCUT2D eigenvalue weighted by atomic mass is 10.1. The highest BCUT2D eigenvalue weighted by molar-refractivity contribution is 9.10.